The first-order valence-corrected chi connectivity index (χ1v) is 9.79. The number of guanidine groups is 1. The summed E-state index contributed by atoms with van der Waals surface area (Å²) in [6.07, 6.45) is 8.06. The van der Waals surface area contributed by atoms with E-state index >= 15 is 0 Å². The van der Waals surface area contributed by atoms with E-state index in [4.69, 9.17) is 9.47 Å². The number of carbonyl (C=O) groups is 1. The van der Waals surface area contributed by atoms with Crippen molar-refractivity contribution in [3.05, 3.63) is 0 Å². The summed E-state index contributed by atoms with van der Waals surface area (Å²) < 4.78 is 11.0. The van der Waals surface area contributed by atoms with Crippen molar-refractivity contribution in [1.82, 2.24) is 16.0 Å². The highest BCUT2D eigenvalue weighted by Gasteiger charge is 2.16. The highest BCUT2D eigenvalue weighted by atomic mass is 16.5. The lowest BCUT2D eigenvalue weighted by atomic mass is 9.95. The van der Waals surface area contributed by atoms with Crippen molar-refractivity contribution in [2.45, 2.75) is 64.0 Å². The number of carbonyl (C=O) groups excluding carboxylic acids is 1. The smallest absolute Gasteiger partial charge is 0.242 e. The van der Waals surface area contributed by atoms with Crippen LogP contribution in [0.3, 0.4) is 0 Å². The quantitative estimate of drug-likeness (QED) is 0.329. The first-order valence-electron chi connectivity index (χ1n) is 9.79. The maximum absolute atomic E-state index is 12.0. The Hall–Kier alpha value is -1.34. The fourth-order valence-electron chi connectivity index (χ4n) is 3.19. The van der Waals surface area contributed by atoms with Gasteiger partial charge in [0.15, 0.2) is 5.96 Å². The molecular weight excluding hydrogens is 320 g/mol. The van der Waals surface area contributed by atoms with Gasteiger partial charge in [-0.3, -0.25) is 4.79 Å². The van der Waals surface area contributed by atoms with E-state index in [-0.39, 0.29) is 18.6 Å². The zero-order chi connectivity index (χ0) is 17.7. The van der Waals surface area contributed by atoms with E-state index < -0.39 is 0 Å². The molecule has 7 nitrogen and oxygen atoms in total. The van der Waals surface area contributed by atoms with Gasteiger partial charge < -0.3 is 25.4 Å². The lowest BCUT2D eigenvalue weighted by molar-refractivity contribution is -0.120. The molecule has 0 bridgehead atoms. The van der Waals surface area contributed by atoms with E-state index in [9.17, 15) is 4.79 Å². The number of amides is 1. The predicted molar refractivity (Wildman–Crippen MR) is 98.8 cm³/mol. The lowest BCUT2D eigenvalue weighted by Crippen LogP contribution is -2.41. The number of aliphatic imine (C=N–C) groups is 1. The molecule has 1 amide bonds. The van der Waals surface area contributed by atoms with Crippen molar-refractivity contribution in [3.63, 3.8) is 0 Å². The van der Waals surface area contributed by atoms with E-state index in [1.807, 2.05) is 6.92 Å². The second-order valence-corrected chi connectivity index (χ2v) is 6.73. The fraction of sp³-hybridized carbons (Fsp3) is 0.889. The van der Waals surface area contributed by atoms with Crippen molar-refractivity contribution in [2.24, 2.45) is 4.99 Å². The maximum Gasteiger partial charge on any atom is 0.242 e. The van der Waals surface area contributed by atoms with Gasteiger partial charge in [0.2, 0.25) is 5.91 Å². The second-order valence-electron chi connectivity index (χ2n) is 6.73. The molecule has 1 aliphatic heterocycles. The summed E-state index contributed by atoms with van der Waals surface area (Å²) in [5.41, 5.74) is 0. The van der Waals surface area contributed by atoms with Crippen LogP contribution in [0.5, 0.6) is 0 Å². The molecule has 0 aromatic carbocycles. The summed E-state index contributed by atoms with van der Waals surface area (Å²) in [7, 11) is 0. The third-order valence-corrected chi connectivity index (χ3v) is 4.55. The molecule has 0 aromatic rings. The summed E-state index contributed by atoms with van der Waals surface area (Å²) in [6, 6.07) is 0.337. The SMILES string of the molecule is CCNC(=NCC(=O)NC1CCCCC1)NCCCOC1CCOC1. The van der Waals surface area contributed by atoms with Gasteiger partial charge in [-0.1, -0.05) is 19.3 Å². The van der Waals surface area contributed by atoms with Gasteiger partial charge in [0.05, 0.1) is 12.7 Å². The first-order chi connectivity index (χ1) is 12.3. The Balaban J connectivity index is 1.60. The van der Waals surface area contributed by atoms with Crippen LogP contribution in [0.4, 0.5) is 0 Å². The second kappa shape index (κ2) is 12.1. The van der Waals surface area contributed by atoms with Crippen molar-refractivity contribution >= 4 is 11.9 Å². The topological polar surface area (TPSA) is 84.0 Å². The zero-order valence-electron chi connectivity index (χ0n) is 15.5. The Morgan fingerprint density at radius 2 is 2.04 bits per heavy atom. The average molecular weight is 354 g/mol. The molecule has 1 heterocycles. The number of hydrogen-bond donors (Lipinski definition) is 3. The molecule has 1 atom stereocenters. The molecule has 25 heavy (non-hydrogen) atoms. The third-order valence-electron chi connectivity index (χ3n) is 4.55. The van der Waals surface area contributed by atoms with Crippen molar-refractivity contribution in [2.75, 3.05) is 39.5 Å². The number of rotatable bonds is 9. The van der Waals surface area contributed by atoms with Crippen LogP contribution < -0.4 is 16.0 Å². The van der Waals surface area contributed by atoms with Crippen LogP contribution in [0, 0.1) is 0 Å². The van der Waals surface area contributed by atoms with Crippen LogP contribution in [0.25, 0.3) is 0 Å². The van der Waals surface area contributed by atoms with Gasteiger partial charge >= 0.3 is 0 Å². The Bertz CT molecular complexity index is 405. The molecule has 1 saturated carbocycles. The predicted octanol–water partition coefficient (Wildman–Crippen LogP) is 1.19. The Morgan fingerprint density at radius 1 is 1.20 bits per heavy atom. The fourth-order valence-corrected chi connectivity index (χ4v) is 3.19. The van der Waals surface area contributed by atoms with Crippen LogP contribution >= 0.6 is 0 Å². The number of hydrogen-bond acceptors (Lipinski definition) is 4. The van der Waals surface area contributed by atoms with E-state index in [2.05, 4.69) is 20.9 Å². The van der Waals surface area contributed by atoms with Crippen molar-refractivity contribution in [3.8, 4) is 0 Å². The van der Waals surface area contributed by atoms with Gasteiger partial charge in [0.1, 0.15) is 6.54 Å². The molecule has 0 radical (unpaired) electrons. The first kappa shape index (κ1) is 20.0. The van der Waals surface area contributed by atoms with Crippen LogP contribution in [-0.2, 0) is 14.3 Å². The Kier molecular flexibility index (Phi) is 9.66. The van der Waals surface area contributed by atoms with E-state index in [0.29, 0.717) is 25.2 Å². The highest BCUT2D eigenvalue weighted by molar-refractivity contribution is 5.84. The Labute approximate surface area is 151 Å². The molecular formula is C18H34N4O3. The van der Waals surface area contributed by atoms with E-state index in [1.54, 1.807) is 0 Å². The standard InChI is InChI=1S/C18H34N4O3/c1-2-19-18(20-10-6-11-25-16-9-12-24-14-16)21-13-17(23)22-15-7-4-3-5-8-15/h15-16H,2-14H2,1H3,(H,22,23)(H2,19,20,21). The molecule has 0 spiro atoms. The van der Waals surface area contributed by atoms with Gasteiger partial charge in [-0.05, 0) is 32.6 Å². The lowest BCUT2D eigenvalue weighted by Gasteiger charge is -2.22. The average Bonchev–Trinajstić information content (AvgIpc) is 3.13. The van der Waals surface area contributed by atoms with Crippen molar-refractivity contribution in [1.29, 1.82) is 0 Å². The molecule has 2 aliphatic rings. The summed E-state index contributed by atoms with van der Waals surface area (Å²) in [6.45, 7) is 5.96. The number of nitrogens with zero attached hydrogens (tertiary/aromatic N) is 1. The highest BCUT2D eigenvalue weighted by Crippen LogP contribution is 2.17. The van der Waals surface area contributed by atoms with Gasteiger partial charge in [-0.25, -0.2) is 4.99 Å². The van der Waals surface area contributed by atoms with Crippen LogP contribution in [0.2, 0.25) is 0 Å². The molecule has 1 unspecified atom stereocenters. The van der Waals surface area contributed by atoms with Gasteiger partial charge in [-0.15, -0.1) is 0 Å². The number of ether oxygens (including phenoxy) is 2. The van der Waals surface area contributed by atoms with Crippen LogP contribution in [0.1, 0.15) is 51.9 Å². The van der Waals surface area contributed by atoms with Crippen LogP contribution in [-0.4, -0.2) is 63.5 Å². The molecule has 144 valence electrons. The summed E-state index contributed by atoms with van der Waals surface area (Å²) in [5, 5.41) is 9.51. The molecule has 0 aromatic heterocycles. The van der Waals surface area contributed by atoms with Gasteiger partial charge in [0.25, 0.3) is 0 Å². The summed E-state index contributed by atoms with van der Waals surface area (Å²) in [5.74, 6) is 0.694. The molecule has 1 saturated heterocycles. The minimum absolute atomic E-state index is 0.00803. The van der Waals surface area contributed by atoms with Crippen LogP contribution in [0.15, 0.2) is 4.99 Å². The van der Waals surface area contributed by atoms with Gasteiger partial charge in [-0.2, -0.15) is 0 Å². The van der Waals surface area contributed by atoms with E-state index in [1.165, 1.54) is 19.3 Å². The zero-order valence-corrected chi connectivity index (χ0v) is 15.5. The number of nitrogens with one attached hydrogen (secondary N) is 3. The summed E-state index contributed by atoms with van der Waals surface area (Å²) >= 11 is 0. The normalized spacial score (nSPS) is 22.0. The van der Waals surface area contributed by atoms with E-state index in [0.717, 1.165) is 45.4 Å². The monoisotopic (exact) mass is 354 g/mol. The van der Waals surface area contributed by atoms with Crippen molar-refractivity contribution < 1.29 is 14.3 Å². The minimum Gasteiger partial charge on any atom is -0.379 e. The molecule has 7 heteroatoms. The van der Waals surface area contributed by atoms with Gasteiger partial charge in [0, 0.05) is 32.3 Å². The molecule has 2 fully saturated rings. The minimum atomic E-state index is 0.00803. The third kappa shape index (κ3) is 8.54. The summed E-state index contributed by atoms with van der Waals surface area (Å²) in [4.78, 5) is 16.4. The molecule has 2 rings (SSSR count). The largest absolute Gasteiger partial charge is 0.379 e. The maximum atomic E-state index is 12.0. The Morgan fingerprint density at radius 3 is 2.76 bits per heavy atom. The molecule has 1 aliphatic carbocycles. The molecule has 3 N–H and O–H groups in total.